The van der Waals surface area contributed by atoms with E-state index < -0.39 is 15.7 Å². The quantitative estimate of drug-likeness (QED) is 0.856. The van der Waals surface area contributed by atoms with Crippen LogP contribution in [0.15, 0.2) is 23.2 Å². The summed E-state index contributed by atoms with van der Waals surface area (Å²) in [5, 5.41) is 4.62. The summed E-state index contributed by atoms with van der Waals surface area (Å²) in [4.78, 5) is 0. The van der Waals surface area contributed by atoms with Gasteiger partial charge < -0.3 is 0 Å². The van der Waals surface area contributed by atoms with Crippen LogP contribution in [0.4, 0.5) is 4.39 Å². The van der Waals surface area contributed by atoms with Crippen LogP contribution in [-0.2, 0) is 22.7 Å². The Morgan fingerprint density at radius 3 is 2.75 bits per heavy atom. The monoisotopic (exact) mass is 314 g/mol. The van der Waals surface area contributed by atoms with Crippen molar-refractivity contribution >= 4 is 21.4 Å². The zero-order chi connectivity index (χ0) is 14.5. The van der Waals surface area contributed by atoms with E-state index in [1.54, 1.807) is 0 Å². The van der Waals surface area contributed by atoms with Crippen LogP contribution in [0.5, 0.6) is 0 Å². The maximum absolute atomic E-state index is 14.0. The van der Waals surface area contributed by atoms with Gasteiger partial charge in [0.25, 0.3) is 0 Å². The van der Waals surface area contributed by atoms with Crippen molar-refractivity contribution in [1.82, 2.24) is 9.78 Å². The molecular formula is C13H12ClFN2O2S. The fourth-order valence-electron chi connectivity index (χ4n) is 2.56. The lowest BCUT2D eigenvalue weighted by atomic mass is 10.3. The lowest BCUT2D eigenvalue weighted by Gasteiger charge is -2.09. The van der Waals surface area contributed by atoms with Gasteiger partial charge in [-0.1, -0.05) is 11.6 Å². The standard InChI is InChI=1S/C13H12ClFN2O2S/c1-20(18,19)13-9-3-2-4-11(9)16-17(13)12-6-5-8(14)7-10(12)15/h5-7H,2-4H2,1H3. The Kier molecular flexibility index (Phi) is 3.10. The highest BCUT2D eigenvalue weighted by atomic mass is 35.5. The van der Waals surface area contributed by atoms with Gasteiger partial charge in [0.15, 0.2) is 14.9 Å². The van der Waals surface area contributed by atoms with Crippen LogP contribution in [-0.4, -0.2) is 24.5 Å². The van der Waals surface area contributed by atoms with Crippen molar-refractivity contribution in [2.24, 2.45) is 0 Å². The van der Waals surface area contributed by atoms with Crippen LogP contribution in [0.2, 0.25) is 5.02 Å². The van der Waals surface area contributed by atoms with Gasteiger partial charge in [-0.05, 0) is 37.5 Å². The van der Waals surface area contributed by atoms with E-state index in [4.69, 9.17) is 11.6 Å². The van der Waals surface area contributed by atoms with Crippen LogP contribution in [0, 0.1) is 5.82 Å². The van der Waals surface area contributed by atoms with Crippen LogP contribution < -0.4 is 0 Å². The highest BCUT2D eigenvalue weighted by Crippen LogP contribution is 2.31. The van der Waals surface area contributed by atoms with E-state index in [1.165, 1.54) is 16.8 Å². The van der Waals surface area contributed by atoms with Gasteiger partial charge in [-0.25, -0.2) is 17.5 Å². The molecule has 106 valence electrons. The molecule has 1 aromatic carbocycles. The average Bonchev–Trinajstić information content (AvgIpc) is 2.86. The molecule has 1 heterocycles. The SMILES string of the molecule is CS(=O)(=O)c1c2c(nn1-c1ccc(Cl)cc1F)CCC2. The summed E-state index contributed by atoms with van der Waals surface area (Å²) in [6, 6.07) is 4.10. The molecule has 0 aliphatic heterocycles. The number of sulfone groups is 1. The third kappa shape index (κ3) is 2.13. The number of aromatic nitrogens is 2. The molecule has 1 aliphatic carbocycles. The summed E-state index contributed by atoms with van der Waals surface area (Å²) in [6.45, 7) is 0. The predicted molar refractivity (Wildman–Crippen MR) is 73.7 cm³/mol. The largest absolute Gasteiger partial charge is 0.222 e. The molecular weight excluding hydrogens is 303 g/mol. The molecule has 0 saturated carbocycles. The summed E-state index contributed by atoms with van der Waals surface area (Å²) in [7, 11) is -3.49. The van der Waals surface area contributed by atoms with Crippen molar-refractivity contribution in [2.45, 2.75) is 24.3 Å². The maximum atomic E-state index is 14.0. The molecule has 0 spiro atoms. The number of fused-ring (bicyclic) bond motifs is 1. The number of rotatable bonds is 2. The van der Waals surface area contributed by atoms with Gasteiger partial charge in [0.1, 0.15) is 11.5 Å². The fourth-order valence-corrected chi connectivity index (χ4v) is 3.84. The van der Waals surface area contributed by atoms with E-state index in [0.29, 0.717) is 12.0 Å². The molecule has 0 saturated heterocycles. The van der Waals surface area contributed by atoms with Crippen molar-refractivity contribution in [3.05, 3.63) is 40.3 Å². The smallest absolute Gasteiger partial charge is 0.193 e. The molecule has 0 bridgehead atoms. The Labute approximate surface area is 121 Å². The Bertz CT molecular complexity index is 799. The molecule has 2 aromatic rings. The molecule has 7 heteroatoms. The summed E-state index contributed by atoms with van der Waals surface area (Å²) in [5.41, 5.74) is 1.55. The molecule has 0 fully saturated rings. The van der Waals surface area contributed by atoms with Gasteiger partial charge in [0.2, 0.25) is 0 Å². The lowest BCUT2D eigenvalue weighted by Crippen LogP contribution is -2.11. The van der Waals surface area contributed by atoms with E-state index >= 15 is 0 Å². The predicted octanol–water partition coefficient (Wildman–Crippen LogP) is 2.56. The second kappa shape index (κ2) is 4.56. The topological polar surface area (TPSA) is 52.0 Å². The fraction of sp³-hybridized carbons (Fsp3) is 0.308. The van der Waals surface area contributed by atoms with Crippen molar-refractivity contribution in [3.8, 4) is 5.69 Å². The Morgan fingerprint density at radius 2 is 2.10 bits per heavy atom. The van der Waals surface area contributed by atoms with Gasteiger partial charge in [-0.2, -0.15) is 5.10 Å². The van der Waals surface area contributed by atoms with Crippen molar-refractivity contribution in [3.63, 3.8) is 0 Å². The summed E-state index contributed by atoms with van der Waals surface area (Å²) in [6.07, 6.45) is 3.38. The molecule has 3 rings (SSSR count). The Morgan fingerprint density at radius 1 is 1.35 bits per heavy atom. The van der Waals surface area contributed by atoms with E-state index in [9.17, 15) is 12.8 Å². The lowest BCUT2D eigenvalue weighted by molar-refractivity contribution is 0.576. The molecule has 1 aromatic heterocycles. The van der Waals surface area contributed by atoms with Crippen LogP contribution in [0.3, 0.4) is 0 Å². The molecule has 4 nitrogen and oxygen atoms in total. The van der Waals surface area contributed by atoms with Crippen LogP contribution in [0.1, 0.15) is 17.7 Å². The first-order valence-electron chi connectivity index (χ1n) is 6.14. The summed E-state index contributed by atoms with van der Waals surface area (Å²) >= 11 is 5.72. The molecule has 0 radical (unpaired) electrons. The number of hydrogen-bond acceptors (Lipinski definition) is 3. The molecule has 0 unspecified atom stereocenters. The Hall–Kier alpha value is -1.40. The van der Waals surface area contributed by atoms with E-state index in [2.05, 4.69) is 5.10 Å². The maximum Gasteiger partial charge on any atom is 0.193 e. The average molecular weight is 315 g/mol. The Balaban J connectivity index is 2.30. The molecule has 0 N–H and O–H groups in total. The number of hydrogen-bond donors (Lipinski definition) is 0. The van der Waals surface area contributed by atoms with Gasteiger partial charge in [0, 0.05) is 16.8 Å². The first-order chi connectivity index (χ1) is 9.38. The first kappa shape index (κ1) is 13.6. The molecule has 0 amide bonds. The van der Waals surface area contributed by atoms with Crippen LogP contribution in [0.25, 0.3) is 5.69 Å². The minimum absolute atomic E-state index is 0.0891. The van der Waals surface area contributed by atoms with Gasteiger partial charge in [0.05, 0.1) is 5.69 Å². The molecule has 0 atom stereocenters. The van der Waals surface area contributed by atoms with E-state index in [0.717, 1.165) is 30.9 Å². The minimum atomic E-state index is -3.49. The summed E-state index contributed by atoms with van der Waals surface area (Å²) < 4.78 is 39.2. The third-order valence-electron chi connectivity index (χ3n) is 3.35. The second-order valence-electron chi connectivity index (χ2n) is 4.86. The third-order valence-corrected chi connectivity index (χ3v) is 4.71. The van der Waals surface area contributed by atoms with Gasteiger partial charge in [-0.15, -0.1) is 0 Å². The van der Waals surface area contributed by atoms with Gasteiger partial charge in [-0.3, -0.25) is 0 Å². The number of halogens is 2. The van der Waals surface area contributed by atoms with Crippen LogP contribution >= 0.6 is 11.6 Å². The minimum Gasteiger partial charge on any atom is -0.222 e. The second-order valence-corrected chi connectivity index (χ2v) is 7.23. The number of aryl methyl sites for hydroxylation is 1. The zero-order valence-corrected chi connectivity index (χ0v) is 12.3. The highest BCUT2D eigenvalue weighted by Gasteiger charge is 2.29. The highest BCUT2D eigenvalue weighted by molar-refractivity contribution is 7.90. The van der Waals surface area contributed by atoms with E-state index in [-0.39, 0.29) is 15.7 Å². The first-order valence-corrected chi connectivity index (χ1v) is 8.41. The van der Waals surface area contributed by atoms with Gasteiger partial charge >= 0.3 is 0 Å². The normalized spacial score (nSPS) is 14.6. The van der Waals surface area contributed by atoms with E-state index in [1.807, 2.05) is 0 Å². The zero-order valence-electron chi connectivity index (χ0n) is 10.7. The number of nitrogens with zero attached hydrogens (tertiary/aromatic N) is 2. The van der Waals surface area contributed by atoms with Crippen molar-refractivity contribution < 1.29 is 12.8 Å². The molecule has 20 heavy (non-hydrogen) atoms. The number of benzene rings is 1. The van der Waals surface area contributed by atoms with Crippen molar-refractivity contribution in [2.75, 3.05) is 6.26 Å². The van der Waals surface area contributed by atoms with Crippen molar-refractivity contribution in [1.29, 1.82) is 0 Å². The molecule has 1 aliphatic rings. The summed E-state index contributed by atoms with van der Waals surface area (Å²) in [5.74, 6) is -0.594.